The van der Waals surface area contributed by atoms with Gasteiger partial charge in [-0.2, -0.15) is 0 Å². The van der Waals surface area contributed by atoms with Crippen molar-refractivity contribution < 1.29 is 14.3 Å². The third-order valence-corrected chi connectivity index (χ3v) is 4.00. The van der Waals surface area contributed by atoms with E-state index in [-0.39, 0.29) is 11.8 Å². The predicted molar refractivity (Wildman–Crippen MR) is 81.5 cm³/mol. The number of fused-ring (bicyclic) bond motifs is 1. The fraction of sp³-hybridized carbons (Fsp3) is 0.562. The van der Waals surface area contributed by atoms with Gasteiger partial charge in [0, 0.05) is 19.5 Å². The van der Waals surface area contributed by atoms with Crippen molar-refractivity contribution in [3.05, 3.63) is 23.3 Å². The summed E-state index contributed by atoms with van der Waals surface area (Å²) in [5.74, 6) is 1.85. The number of ether oxygens (including phenoxy) is 2. The number of methoxy groups -OCH3 is 2. The second-order valence-corrected chi connectivity index (χ2v) is 5.59. The van der Waals surface area contributed by atoms with Crippen molar-refractivity contribution in [2.24, 2.45) is 11.7 Å². The molecule has 0 fully saturated rings. The number of carbonyl (C=O) groups is 1. The summed E-state index contributed by atoms with van der Waals surface area (Å²) < 4.78 is 10.7. The molecule has 0 saturated carbocycles. The molecule has 0 radical (unpaired) electrons. The Morgan fingerprint density at radius 1 is 1.29 bits per heavy atom. The first-order valence-electron chi connectivity index (χ1n) is 7.30. The Kier molecular flexibility index (Phi) is 5.07. The summed E-state index contributed by atoms with van der Waals surface area (Å²) in [7, 11) is 3.26. The lowest BCUT2D eigenvalue weighted by Gasteiger charge is -2.30. The number of nitrogens with two attached hydrogens (primary N) is 1. The molecule has 0 spiro atoms. The van der Waals surface area contributed by atoms with Crippen molar-refractivity contribution in [2.45, 2.75) is 26.3 Å². The molecular weight excluding hydrogens is 268 g/mol. The van der Waals surface area contributed by atoms with E-state index >= 15 is 0 Å². The molecule has 21 heavy (non-hydrogen) atoms. The molecule has 5 heteroatoms. The highest BCUT2D eigenvalue weighted by Gasteiger charge is 2.23. The van der Waals surface area contributed by atoms with E-state index in [1.165, 1.54) is 5.56 Å². The van der Waals surface area contributed by atoms with Crippen LogP contribution in [-0.4, -0.2) is 38.1 Å². The summed E-state index contributed by atoms with van der Waals surface area (Å²) in [6, 6.07) is 3.98. The Balaban J connectivity index is 2.14. The van der Waals surface area contributed by atoms with Crippen LogP contribution in [0.5, 0.6) is 11.5 Å². The molecule has 5 nitrogen and oxygen atoms in total. The summed E-state index contributed by atoms with van der Waals surface area (Å²) >= 11 is 0. The standard InChI is InChI=1S/C16H24N2O3/c1-11(9-17)6-16(19)18-5-4-12-7-14(20-2)15(21-3)8-13(12)10-18/h7-8,11H,4-6,9-10,17H2,1-3H3. The number of rotatable bonds is 5. The molecule has 0 saturated heterocycles. The minimum Gasteiger partial charge on any atom is -0.493 e. The smallest absolute Gasteiger partial charge is 0.223 e. The van der Waals surface area contributed by atoms with Gasteiger partial charge in [-0.25, -0.2) is 0 Å². The van der Waals surface area contributed by atoms with Crippen molar-refractivity contribution in [3.8, 4) is 11.5 Å². The second-order valence-electron chi connectivity index (χ2n) is 5.59. The lowest BCUT2D eigenvalue weighted by atomic mass is 9.97. The van der Waals surface area contributed by atoms with Crippen LogP contribution < -0.4 is 15.2 Å². The van der Waals surface area contributed by atoms with Crippen LogP contribution in [0.4, 0.5) is 0 Å². The maximum absolute atomic E-state index is 12.3. The zero-order valence-corrected chi connectivity index (χ0v) is 13.0. The summed E-state index contributed by atoms with van der Waals surface area (Å²) in [6.07, 6.45) is 1.36. The molecule has 1 aromatic carbocycles. The van der Waals surface area contributed by atoms with Crippen LogP contribution in [0.25, 0.3) is 0 Å². The third-order valence-electron chi connectivity index (χ3n) is 4.00. The van der Waals surface area contributed by atoms with Crippen molar-refractivity contribution in [2.75, 3.05) is 27.3 Å². The van der Waals surface area contributed by atoms with Gasteiger partial charge < -0.3 is 20.1 Å². The van der Waals surface area contributed by atoms with E-state index in [9.17, 15) is 4.79 Å². The van der Waals surface area contributed by atoms with Gasteiger partial charge in [-0.05, 0) is 42.1 Å². The maximum Gasteiger partial charge on any atom is 0.223 e. The summed E-state index contributed by atoms with van der Waals surface area (Å²) in [4.78, 5) is 14.2. The van der Waals surface area contributed by atoms with Gasteiger partial charge in [0.1, 0.15) is 0 Å². The van der Waals surface area contributed by atoms with Gasteiger partial charge in [0.15, 0.2) is 11.5 Å². The van der Waals surface area contributed by atoms with E-state index in [2.05, 4.69) is 0 Å². The number of hydrogen-bond acceptors (Lipinski definition) is 4. The van der Waals surface area contributed by atoms with Crippen molar-refractivity contribution in [1.29, 1.82) is 0 Å². The third kappa shape index (κ3) is 3.47. The van der Waals surface area contributed by atoms with Gasteiger partial charge in [-0.3, -0.25) is 4.79 Å². The van der Waals surface area contributed by atoms with Crippen LogP contribution in [0.15, 0.2) is 12.1 Å². The average molecular weight is 292 g/mol. The maximum atomic E-state index is 12.3. The molecule has 116 valence electrons. The number of amides is 1. The fourth-order valence-electron chi connectivity index (χ4n) is 2.61. The highest BCUT2D eigenvalue weighted by atomic mass is 16.5. The predicted octanol–water partition coefficient (Wildman–Crippen LogP) is 1.57. The molecule has 1 heterocycles. The normalized spacial score (nSPS) is 15.3. The van der Waals surface area contributed by atoms with Crippen molar-refractivity contribution in [1.82, 2.24) is 4.90 Å². The summed E-state index contributed by atoms with van der Waals surface area (Å²) in [5.41, 5.74) is 7.95. The molecule has 1 aromatic rings. The molecule has 1 aliphatic rings. The van der Waals surface area contributed by atoms with E-state index in [0.717, 1.165) is 24.3 Å². The average Bonchev–Trinajstić information content (AvgIpc) is 2.52. The fourth-order valence-corrected chi connectivity index (χ4v) is 2.61. The Bertz CT molecular complexity index is 516. The van der Waals surface area contributed by atoms with Crippen LogP contribution >= 0.6 is 0 Å². The zero-order chi connectivity index (χ0) is 15.4. The molecule has 2 rings (SSSR count). The molecule has 0 aliphatic carbocycles. The van der Waals surface area contributed by atoms with Crippen LogP contribution in [0, 0.1) is 5.92 Å². The van der Waals surface area contributed by atoms with Crippen LogP contribution in [0.3, 0.4) is 0 Å². The van der Waals surface area contributed by atoms with Gasteiger partial charge in [-0.15, -0.1) is 0 Å². The first kappa shape index (κ1) is 15.6. The molecule has 2 N–H and O–H groups in total. The van der Waals surface area contributed by atoms with E-state index in [0.29, 0.717) is 25.3 Å². The van der Waals surface area contributed by atoms with Crippen LogP contribution in [0.2, 0.25) is 0 Å². The second kappa shape index (κ2) is 6.80. The molecule has 1 aliphatic heterocycles. The Morgan fingerprint density at radius 3 is 2.48 bits per heavy atom. The van der Waals surface area contributed by atoms with Crippen molar-refractivity contribution >= 4 is 5.91 Å². The zero-order valence-electron chi connectivity index (χ0n) is 13.0. The molecule has 1 amide bonds. The SMILES string of the molecule is COc1cc2c(cc1OC)CN(C(=O)CC(C)CN)CC2. The Labute approximate surface area is 126 Å². The van der Waals surface area contributed by atoms with Crippen molar-refractivity contribution in [3.63, 3.8) is 0 Å². The van der Waals surface area contributed by atoms with E-state index in [4.69, 9.17) is 15.2 Å². The number of nitrogens with zero attached hydrogens (tertiary/aromatic N) is 1. The highest BCUT2D eigenvalue weighted by molar-refractivity contribution is 5.77. The monoisotopic (exact) mass is 292 g/mol. The van der Waals surface area contributed by atoms with E-state index < -0.39 is 0 Å². The first-order chi connectivity index (χ1) is 10.1. The number of hydrogen-bond donors (Lipinski definition) is 1. The minimum atomic E-state index is 0.174. The highest BCUT2D eigenvalue weighted by Crippen LogP contribution is 2.33. The van der Waals surface area contributed by atoms with Gasteiger partial charge in [0.05, 0.1) is 14.2 Å². The minimum absolute atomic E-state index is 0.174. The van der Waals surface area contributed by atoms with E-state index in [1.807, 2.05) is 24.0 Å². The first-order valence-corrected chi connectivity index (χ1v) is 7.30. The molecule has 0 bridgehead atoms. The lowest BCUT2D eigenvalue weighted by molar-refractivity contribution is -0.132. The summed E-state index contributed by atoms with van der Waals surface area (Å²) in [5, 5.41) is 0. The largest absolute Gasteiger partial charge is 0.493 e. The quantitative estimate of drug-likeness (QED) is 0.895. The molecule has 1 unspecified atom stereocenters. The molecule has 0 aromatic heterocycles. The van der Waals surface area contributed by atoms with Crippen LogP contribution in [-0.2, 0) is 17.8 Å². The summed E-state index contributed by atoms with van der Waals surface area (Å²) in [6.45, 7) is 3.93. The number of carbonyl (C=O) groups excluding carboxylic acids is 1. The molecular formula is C16H24N2O3. The Morgan fingerprint density at radius 2 is 1.90 bits per heavy atom. The van der Waals surface area contributed by atoms with Crippen LogP contribution in [0.1, 0.15) is 24.5 Å². The lowest BCUT2D eigenvalue weighted by Crippen LogP contribution is -2.37. The topological polar surface area (TPSA) is 64.8 Å². The Hall–Kier alpha value is -1.75. The van der Waals surface area contributed by atoms with Gasteiger partial charge >= 0.3 is 0 Å². The van der Waals surface area contributed by atoms with Gasteiger partial charge in [0.2, 0.25) is 5.91 Å². The number of benzene rings is 1. The van der Waals surface area contributed by atoms with E-state index in [1.54, 1.807) is 14.2 Å². The van der Waals surface area contributed by atoms with Gasteiger partial charge in [-0.1, -0.05) is 6.92 Å². The molecule has 1 atom stereocenters. The van der Waals surface area contributed by atoms with Gasteiger partial charge in [0.25, 0.3) is 0 Å².